The van der Waals surface area contributed by atoms with Crippen molar-refractivity contribution in [3.05, 3.63) is 12.2 Å². The highest BCUT2D eigenvalue weighted by molar-refractivity contribution is 5.86. The summed E-state index contributed by atoms with van der Waals surface area (Å²) in [5.74, 6) is 14.8. The molecule has 0 radical (unpaired) electrons. The van der Waals surface area contributed by atoms with Crippen LogP contribution in [0.5, 0.6) is 0 Å². The first-order valence-corrected chi connectivity index (χ1v) is 13.8. The molecule has 168 valence electrons. The molecule has 8 rings (SSSR count). The van der Waals surface area contributed by atoms with E-state index >= 15 is 0 Å². The number of ether oxygens (including phenoxy) is 1. The summed E-state index contributed by atoms with van der Waals surface area (Å²) in [6.45, 7) is 8.62. The van der Waals surface area contributed by atoms with Crippen molar-refractivity contribution in [2.45, 2.75) is 65.2 Å². The van der Waals surface area contributed by atoms with Crippen LogP contribution in [0.3, 0.4) is 0 Å². The van der Waals surface area contributed by atoms with E-state index in [1.165, 1.54) is 19.3 Å². The third-order valence-electron chi connectivity index (χ3n) is 13.5. The van der Waals surface area contributed by atoms with Gasteiger partial charge in [0.15, 0.2) is 0 Å². The van der Waals surface area contributed by atoms with Crippen molar-refractivity contribution in [2.75, 3.05) is 6.61 Å². The zero-order valence-electron chi connectivity index (χ0n) is 19.5. The average Bonchev–Trinajstić information content (AvgIpc) is 3.60. The molecule has 8 saturated carbocycles. The third kappa shape index (κ3) is 1.99. The van der Waals surface area contributed by atoms with Gasteiger partial charge >= 0.3 is 5.97 Å². The Bertz CT molecular complexity index is 861. The Morgan fingerprint density at radius 1 is 0.839 bits per heavy atom. The zero-order valence-corrected chi connectivity index (χ0v) is 19.5. The van der Waals surface area contributed by atoms with Gasteiger partial charge in [0.05, 0.1) is 6.61 Å². The van der Waals surface area contributed by atoms with Crippen LogP contribution in [-0.4, -0.2) is 12.6 Å². The van der Waals surface area contributed by atoms with Gasteiger partial charge in [-0.1, -0.05) is 13.5 Å². The molecule has 8 aliphatic carbocycles. The van der Waals surface area contributed by atoms with Crippen LogP contribution in [0.1, 0.15) is 65.2 Å². The Morgan fingerprint density at radius 3 is 2.00 bits per heavy atom. The molecule has 2 heteroatoms. The van der Waals surface area contributed by atoms with Crippen molar-refractivity contribution in [3.8, 4) is 0 Å². The maximum atomic E-state index is 12.2. The number of hydrogen-bond donors (Lipinski definition) is 0. The van der Waals surface area contributed by atoms with E-state index < -0.39 is 0 Å². The highest BCUT2D eigenvalue weighted by atomic mass is 16.5. The first-order chi connectivity index (χ1) is 15.0. The van der Waals surface area contributed by atoms with E-state index in [9.17, 15) is 4.79 Å². The molecule has 0 aromatic rings. The molecule has 2 nitrogen and oxygen atoms in total. The van der Waals surface area contributed by atoms with E-state index in [-0.39, 0.29) is 11.4 Å². The lowest BCUT2D eigenvalue weighted by Gasteiger charge is -2.53. The van der Waals surface area contributed by atoms with Crippen molar-refractivity contribution in [2.24, 2.45) is 88.3 Å². The van der Waals surface area contributed by atoms with Crippen LogP contribution < -0.4 is 0 Å². The van der Waals surface area contributed by atoms with Gasteiger partial charge in [-0.05, 0) is 141 Å². The van der Waals surface area contributed by atoms with Crippen LogP contribution in [0.15, 0.2) is 12.2 Å². The van der Waals surface area contributed by atoms with Gasteiger partial charge < -0.3 is 4.74 Å². The van der Waals surface area contributed by atoms with Gasteiger partial charge in [0.25, 0.3) is 0 Å². The van der Waals surface area contributed by atoms with Gasteiger partial charge in [-0.2, -0.15) is 0 Å². The van der Waals surface area contributed by atoms with Crippen molar-refractivity contribution < 1.29 is 9.53 Å². The Balaban J connectivity index is 1.09. The Kier molecular flexibility index (Phi) is 3.49. The molecular weight excluding hydrogens is 380 g/mol. The van der Waals surface area contributed by atoms with E-state index in [1.807, 2.05) is 0 Å². The van der Waals surface area contributed by atoms with E-state index in [4.69, 9.17) is 4.74 Å². The Labute approximate surface area is 187 Å². The molecular formula is C29H40O2. The minimum Gasteiger partial charge on any atom is -0.462 e. The van der Waals surface area contributed by atoms with E-state index in [1.54, 1.807) is 39.0 Å². The minimum absolute atomic E-state index is 0.171. The molecule has 31 heavy (non-hydrogen) atoms. The van der Waals surface area contributed by atoms with Crippen molar-refractivity contribution >= 4 is 5.97 Å². The van der Waals surface area contributed by atoms with Crippen LogP contribution in [0.25, 0.3) is 0 Å². The highest BCUT2D eigenvalue weighted by Gasteiger charge is 2.77. The van der Waals surface area contributed by atoms with Crippen LogP contribution in [0.4, 0.5) is 0 Å². The topological polar surface area (TPSA) is 26.3 Å². The molecule has 8 aliphatic rings. The summed E-state index contributed by atoms with van der Waals surface area (Å²) in [4.78, 5) is 12.2. The fourth-order valence-corrected chi connectivity index (χ4v) is 13.3. The number of hydrogen-bond acceptors (Lipinski definition) is 2. The first-order valence-electron chi connectivity index (χ1n) is 13.8. The molecule has 0 saturated heterocycles. The van der Waals surface area contributed by atoms with Crippen LogP contribution in [0, 0.1) is 88.3 Å². The predicted octanol–water partition coefficient (Wildman–Crippen LogP) is 5.97. The lowest BCUT2D eigenvalue weighted by molar-refractivity contribution is -0.146. The summed E-state index contributed by atoms with van der Waals surface area (Å²) in [6, 6.07) is 0. The van der Waals surface area contributed by atoms with Gasteiger partial charge in [-0.15, -0.1) is 0 Å². The number of fused-ring (bicyclic) bond motifs is 23. The Morgan fingerprint density at radius 2 is 1.42 bits per heavy atom. The highest BCUT2D eigenvalue weighted by Crippen LogP contribution is 2.82. The molecule has 15 unspecified atom stereocenters. The van der Waals surface area contributed by atoms with E-state index in [0.29, 0.717) is 12.2 Å². The smallest absolute Gasteiger partial charge is 0.333 e. The van der Waals surface area contributed by atoms with Crippen molar-refractivity contribution in [1.82, 2.24) is 0 Å². The zero-order chi connectivity index (χ0) is 20.8. The van der Waals surface area contributed by atoms with Gasteiger partial charge in [0.2, 0.25) is 0 Å². The maximum absolute atomic E-state index is 12.2. The van der Waals surface area contributed by atoms with Crippen molar-refractivity contribution in [3.63, 3.8) is 0 Å². The summed E-state index contributed by atoms with van der Waals surface area (Å²) in [6.07, 6.45) is 12.0. The molecule has 0 spiro atoms. The fourth-order valence-electron chi connectivity index (χ4n) is 13.3. The molecule has 15 atom stereocenters. The number of carbonyl (C=O) groups is 1. The second-order valence-corrected chi connectivity index (χ2v) is 13.8. The predicted molar refractivity (Wildman–Crippen MR) is 120 cm³/mol. The van der Waals surface area contributed by atoms with E-state index in [2.05, 4.69) is 13.5 Å². The standard InChI is InChI=1S/C29H40O2/c1-4-29(12-31-28(30)13(2)3)11-16-8-21(29)27-20-10-19(24(16)27)25-17-9-18(26(20)25)23-15-6-5-14(7-15)22(17)23/h14-27H,2,4-12H2,1,3H3. The van der Waals surface area contributed by atoms with Gasteiger partial charge in [-0.3, -0.25) is 0 Å². The molecule has 0 aromatic carbocycles. The first kappa shape index (κ1) is 18.6. The summed E-state index contributed by atoms with van der Waals surface area (Å²) in [5.41, 5.74) is 0.821. The third-order valence-corrected chi connectivity index (χ3v) is 13.5. The molecule has 0 aliphatic heterocycles. The summed E-state index contributed by atoms with van der Waals surface area (Å²) in [7, 11) is 0. The SMILES string of the molecule is C=C(C)C(=O)OCC1(CC)CC2CC1C1C3CC(C21)C1C2CC(C4C5CCC(C5)C24)C31. The Hall–Kier alpha value is -0.790. The second kappa shape index (κ2) is 5.82. The summed E-state index contributed by atoms with van der Waals surface area (Å²) >= 11 is 0. The summed E-state index contributed by atoms with van der Waals surface area (Å²) in [5, 5.41) is 0. The number of esters is 1. The summed E-state index contributed by atoms with van der Waals surface area (Å²) < 4.78 is 5.85. The molecule has 8 fully saturated rings. The lowest BCUT2D eigenvalue weighted by atomic mass is 9.52. The normalized spacial score (nSPS) is 62.9. The fraction of sp³-hybridized carbons (Fsp3) is 0.897. The monoisotopic (exact) mass is 420 g/mol. The van der Waals surface area contributed by atoms with Crippen LogP contribution in [-0.2, 0) is 9.53 Å². The average molecular weight is 421 g/mol. The quantitative estimate of drug-likeness (QED) is 0.318. The van der Waals surface area contributed by atoms with Gasteiger partial charge in [-0.25, -0.2) is 4.79 Å². The largest absolute Gasteiger partial charge is 0.462 e. The van der Waals surface area contributed by atoms with Crippen molar-refractivity contribution in [1.29, 1.82) is 0 Å². The van der Waals surface area contributed by atoms with Crippen LogP contribution in [0.2, 0.25) is 0 Å². The molecule has 0 amide bonds. The van der Waals surface area contributed by atoms with Gasteiger partial charge in [0.1, 0.15) is 0 Å². The molecule has 0 heterocycles. The number of carbonyl (C=O) groups excluding carboxylic acids is 1. The minimum atomic E-state index is -0.171. The van der Waals surface area contributed by atoms with Gasteiger partial charge in [0, 0.05) is 11.0 Å². The lowest BCUT2D eigenvalue weighted by Crippen LogP contribution is -2.50. The van der Waals surface area contributed by atoms with Crippen LogP contribution >= 0.6 is 0 Å². The molecule has 0 aromatic heterocycles. The molecule has 8 bridgehead atoms. The molecule has 0 N–H and O–H groups in total. The maximum Gasteiger partial charge on any atom is 0.333 e. The number of rotatable bonds is 4. The second-order valence-electron chi connectivity index (χ2n) is 13.8. The van der Waals surface area contributed by atoms with E-state index in [0.717, 1.165) is 82.9 Å².